The average Bonchev–Trinajstić information content (AvgIpc) is 3.24. The summed E-state index contributed by atoms with van der Waals surface area (Å²) in [5.74, 6) is -0.863. The van der Waals surface area contributed by atoms with Crippen LogP contribution in [0.2, 0.25) is 0 Å². The van der Waals surface area contributed by atoms with Crippen molar-refractivity contribution in [2.45, 2.75) is 51.6 Å². The molecule has 0 spiro atoms. The number of aromatic nitrogens is 1. The first-order chi connectivity index (χ1) is 18.3. The molecule has 1 aliphatic heterocycles. The first-order valence-corrected chi connectivity index (χ1v) is 13.9. The second-order valence-electron chi connectivity index (χ2n) is 9.85. The van der Waals surface area contributed by atoms with Gasteiger partial charge in [-0.1, -0.05) is 35.0 Å². The average molecular weight is 562 g/mol. The maximum atomic E-state index is 13.6. The van der Waals surface area contributed by atoms with Crippen molar-refractivity contribution >= 4 is 33.8 Å². The number of sulfonamides is 1. The van der Waals surface area contributed by atoms with Crippen LogP contribution in [0.5, 0.6) is 0 Å². The molecule has 0 aliphatic carbocycles. The number of amides is 1. The summed E-state index contributed by atoms with van der Waals surface area (Å²) in [6, 6.07) is 8.50. The van der Waals surface area contributed by atoms with Crippen LogP contribution in [0.1, 0.15) is 52.1 Å². The van der Waals surface area contributed by atoms with Gasteiger partial charge >= 0.3 is 6.18 Å². The third kappa shape index (κ3) is 6.25. The fourth-order valence-electron chi connectivity index (χ4n) is 4.92. The number of halogens is 3. The minimum atomic E-state index is -4.52. The highest BCUT2D eigenvalue weighted by Crippen LogP contribution is 2.32. The summed E-state index contributed by atoms with van der Waals surface area (Å²) >= 11 is 0. The molecule has 0 unspecified atom stereocenters. The quantitative estimate of drug-likeness (QED) is 0.391. The molecule has 2 heterocycles. The molecule has 1 fully saturated rings. The van der Waals surface area contributed by atoms with Crippen LogP contribution in [-0.2, 0) is 21.0 Å². The van der Waals surface area contributed by atoms with Crippen molar-refractivity contribution in [2.24, 2.45) is 5.92 Å². The Balaban J connectivity index is 1.46. The fourth-order valence-corrected chi connectivity index (χ4v) is 6.64. The maximum Gasteiger partial charge on any atom is 0.416 e. The summed E-state index contributed by atoms with van der Waals surface area (Å²) in [5, 5.41) is 6.41. The van der Waals surface area contributed by atoms with Crippen LogP contribution >= 0.6 is 0 Å². The number of anilines is 1. The van der Waals surface area contributed by atoms with Crippen molar-refractivity contribution in [1.29, 1.82) is 0 Å². The van der Waals surface area contributed by atoms with E-state index in [0.717, 1.165) is 34.4 Å². The molecular formula is C28H30F3N3O4S. The van der Waals surface area contributed by atoms with Crippen LogP contribution < -0.4 is 5.32 Å². The number of benzene rings is 2. The summed E-state index contributed by atoms with van der Waals surface area (Å²) in [4.78, 5) is 12.7. The number of piperidine rings is 1. The molecule has 208 valence electrons. The molecule has 0 radical (unpaired) electrons. The Morgan fingerprint density at radius 2 is 1.69 bits per heavy atom. The second kappa shape index (κ2) is 11.0. The van der Waals surface area contributed by atoms with Gasteiger partial charge in [0.25, 0.3) is 0 Å². The van der Waals surface area contributed by atoms with Gasteiger partial charge in [-0.05, 0) is 81.5 Å². The van der Waals surface area contributed by atoms with Crippen molar-refractivity contribution in [2.75, 3.05) is 18.4 Å². The lowest BCUT2D eigenvalue weighted by molar-refractivity contribution is -0.137. The van der Waals surface area contributed by atoms with Crippen LogP contribution in [0, 0.1) is 33.6 Å². The highest BCUT2D eigenvalue weighted by atomic mass is 32.2. The zero-order valence-electron chi connectivity index (χ0n) is 22.1. The number of hydrogen-bond acceptors (Lipinski definition) is 5. The van der Waals surface area contributed by atoms with E-state index in [1.807, 2.05) is 39.0 Å². The molecule has 11 heteroatoms. The van der Waals surface area contributed by atoms with Crippen molar-refractivity contribution in [3.63, 3.8) is 0 Å². The van der Waals surface area contributed by atoms with Gasteiger partial charge in [-0.25, -0.2) is 8.42 Å². The second-order valence-corrected chi connectivity index (χ2v) is 11.7. The minimum absolute atomic E-state index is 0.0203. The predicted octanol–water partition coefficient (Wildman–Crippen LogP) is 6.14. The maximum absolute atomic E-state index is 13.6. The van der Waals surface area contributed by atoms with E-state index in [0.29, 0.717) is 0 Å². The number of carbonyl (C=O) groups excluding carboxylic acids is 1. The Labute approximate surface area is 225 Å². The molecule has 1 N–H and O–H groups in total. The van der Waals surface area contributed by atoms with E-state index >= 15 is 0 Å². The van der Waals surface area contributed by atoms with E-state index in [4.69, 9.17) is 4.52 Å². The Kier molecular flexibility index (Phi) is 8.04. The smallest absolute Gasteiger partial charge is 0.355 e. The SMILES string of the molecule is Cc1cc(C)c(/C=C/c2onc(C)c2S(=O)(=O)N2CCC(C(=O)Nc3cccc(C(F)(F)F)c3)CC2)c(C)c1. The monoisotopic (exact) mass is 561 g/mol. The summed E-state index contributed by atoms with van der Waals surface area (Å²) < 4.78 is 72.7. The molecule has 39 heavy (non-hydrogen) atoms. The normalized spacial score (nSPS) is 15.7. The Morgan fingerprint density at radius 3 is 2.31 bits per heavy atom. The van der Waals surface area contributed by atoms with E-state index in [1.54, 1.807) is 13.0 Å². The van der Waals surface area contributed by atoms with E-state index in [9.17, 15) is 26.4 Å². The third-order valence-corrected chi connectivity index (χ3v) is 8.91. The van der Waals surface area contributed by atoms with Crippen molar-refractivity contribution in [3.05, 3.63) is 75.7 Å². The van der Waals surface area contributed by atoms with E-state index in [-0.39, 0.29) is 48.0 Å². The molecule has 1 aromatic heterocycles. The van der Waals surface area contributed by atoms with Gasteiger partial charge in [0.15, 0.2) is 10.7 Å². The van der Waals surface area contributed by atoms with Crippen LogP contribution in [0.3, 0.4) is 0 Å². The van der Waals surface area contributed by atoms with Gasteiger partial charge in [-0.2, -0.15) is 17.5 Å². The largest absolute Gasteiger partial charge is 0.416 e. The number of nitrogens with zero attached hydrogens (tertiary/aromatic N) is 2. The molecule has 0 bridgehead atoms. The molecule has 1 amide bonds. The van der Waals surface area contributed by atoms with Gasteiger partial charge in [-0.3, -0.25) is 4.79 Å². The summed E-state index contributed by atoms with van der Waals surface area (Å²) in [7, 11) is -3.97. The number of alkyl halides is 3. The van der Waals surface area contributed by atoms with Crippen LogP contribution in [0.15, 0.2) is 45.8 Å². The molecule has 1 aliphatic rings. The van der Waals surface area contributed by atoms with Crippen molar-refractivity contribution < 1.29 is 30.9 Å². The Morgan fingerprint density at radius 1 is 1.05 bits per heavy atom. The van der Waals surface area contributed by atoms with Gasteiger partial charge in [0.1, 0.15) is 5.69 Å². The minimum Gasteiger partial charge on any atom is -0.355 e. The Hall–Kier alpha value is -3.44. The van der Waals surface area contributed by atoms with Gasteiger partial charge in [-0.15, -0.1) is 0 Å². The van der Waals surface area contributed by atoms with E-state index in [1.165, 1.54) is 16.4 Å². The highest BCUT2D eigenvalue weighted by Gasteiger charge is 2.36. The molecule has 2 aromatic carbocycles. The molecule has 1 saturated heterocycles. The lowest BCUT2D eigenvalue weighted by Gasteiger charge is -2.30. The zero-order valence-corrected chi connectivity index (χ0v) is 22.9. The highest BCUT2D eigenvalue weighted by molar-refractivity contribution is 7.89. The summed E-state index contributed by atoms with van der Waals surface area (Å²) in [5.41, 5.74) is 3.61. The Bertz CT molecular complexity index is 1500. The van der Waals surface area contributed by atoms with Crippen molar-refractivity contribution in [3.8, 4) is 0 Å². The first-order valence-electron chi connectivity index (χ1n) is 12.5. The molecule has 0 saturated carbocycles. The molecule has 7 nitrogen and oxygen atoms in total. The van der Waals surface area contributed by atoms with Crippen LogP contribution in [-0.4, -0.2) is 36.9 Å². The first kappa shape index (κ1) is 28.6. The lowest BCUT2D eigenvalue weighted by atomic mass is 9.97. The number of aryl methyl sites for hydroxylation is 4. The third-order valence-electron chi connectivity index (χ3n) is 6.85. The number of carbonyl (C=O) groups is 1. The zero-order chi connectivity index (χ0) is 28.5. The standard InChI is InChI=1S/C28H30F3N3O4S/c1-17-14-18(2)24(19(3)15-17)8-9-25-26(20(4)33-38-25)39(36,37)34-12-10-21(11-13-34)27(35)32-23-7-5-6-22(16-23)28(29,30)31/h5-9,14-16,21H,10-13H2,1-4H3,(H,32,35)/b9-8+. The van der Waals surface area contributed by atoms with Gasteiger partial charge < -0.3 is 9.84 Å². The number of hydrogen-bond donors (Lipinski definition) is 1. The van der Waals surface area contributed by atoms with Gasteiger partial charge in [0.2, 0.25) is 15.9 Å². The molecular weight excluding hydrogens is 531 g/mol. The topological polar surface area (TPSA) is 92.5 Å². The predicted molar refractivity (Wildman–Crippen MR) is 142 cm³/mol. The summed E-state index contributed by atoms with van der Waals surface area (Å²) in [6.07, 6.45) is -0.658. The van der Waals surface area contributed by atoms with Gasteiger partial charge in [0, 0.05) is 24.7 Å². The van der Waals surface area contributed by atoms with Crippen molar-refractivity contribution in [1.82, 2.24) is 9.46 Å². The molecule has 4 rings (SSSR count). The lowest BCUT2D eigenvalue weighted by Crippen LogP contribution is -2.41. The van der Waals surface area contributed by atoms with E-state index in [2.05, 4.69) is 10.5 Å². The van der Waals surface area contributed by atoms with Crippen LogP contribution in [0.25, 0.3) is 12.2 Å². The molecule has 3 aromatic rings. The number of rotatable bonds is 6. The van der Waals surface area contributed by atoms with E-state index < -0.39 is 33.6 Å². The van der Waals surface area contributed by atoms with Crippen LogP contribution in [0.4, 0.5) is 18.9 Å². The van der Waals surface area contributed by atoms with Gasteiger partial charge in [0.05, 0.1) is 5.56 Å². The summed E-state index contributed by atoms with van der Waals surface area (Å²) in [6.45, 7) is 7.69. The molecule has 0 atom stereocenters. The fraction of sp³-hybridized carbons (Fsp3) is 0.357. The number of nitrogens with one attached hydrogen (secondary N) is 1.